The molecule has 1 aliphatic heterocycles. The van der Waals surface area contributed by atoms with Crippen LogP contribution >= 0.6 is 11.6 Å². The molecule has 1 aromatic carbocycles. The Balaban J connectivity index is 1.58. The molecule has 31 heavy (non-hydrogen) atoms. The van der Waals surface area contributed by atoms with E-state index in [1.165, 1.54) is 13.0 Å². The Kier molecular flexibility index (Phi) is 6.40. The van der Waals surface area contributed by atoms with Gasteiger partial charge in [-0.1, -0.05) is 23.8 Å². The highest BCUT2D eigenvalue weighted by atomic mass is 35.5. The molecule has 0 bridgehead atoms. The number of alkyl halides is 3. The van der Waals surface area contributed by atoms with Crippen LogP contribution in [-0.2, 0) is 30.1 Å². The number of hydrogen-bond acceptors (Lipinski definition) is 5. The molecule has 1 aromatic rings. The van der Waals surface area contributed by atoms with Gasteiger partial charge in [0.25, 0.3) is 5.91 Å². The van der Waals surface area contributed by atoms with Gasteiger partial charge in [-0.3, -0.25) is 24.1 Å². The maximum Gasteiger partial charge on any atom is 0.417 e. The smallest absolute Gasteiger partial charge is 0.417 e. The van der Waals surface area contributed by atoms with Gasteiger partial charge in [-0.25, -0.2) is 0 Å². The first-order valence-electron chi connectivity index (χ1n) is 9.36. The summed E-state index contributed by atoms with van der Waals surface area (Å²) in [5.74, 6) is -3.80. The summed E-state index contributed by atoms with van der Waals surface area (Å²) in [5, 5.41) is 1.68. The Morgan fingerprint density at radius 1 is 1.19 bits per heavy atom. The topological polar surface area (TPSA) is 92.8 Å². The molecule has 1 saturated heterocycles. The van der Waals surface area contributed by atoms with E-state index >= 15 is 0 Å². The van der Waals surface area contributed by atoms with Crippen molar-refractivity contribution in [1.29, 1.82) is 0 Å². The number of carbonyl (C=O) groups excluding carboxylic acids is 4. The van der Waals surface area contributed by atoms with Gasteiger partial charge in [0.05, 0.1) is 22.4 Å². The van der Waals surface area contributed by atoms with Crippen molar-refractivity contribution < 1.29 is 37.1 Å². The maximum absolute atomic E-state index is 12.9. The van der Waals surface area contributed by atoms with Gasteiger partial charge >= 0.3 is 12.1 Å². The van der Waals surface area contributed by atoms with Crippen LogP contribution in [0, 0.1) is 11.8 Å². The van der Waals surface area contributed by atoms with Crippen molar-refractivity contribution in [2.24, 2.45) is 11.8 Å². The van der Waals surface area contributed by atoms with E-state index in [0.29, 0.717) is 18.9 Å². The van der Waals surface area contributed by atoms with Gasteiger partial charge in [0.15, 0.2) is 6.10 Å². The van der Waals surface area contributed by atoms with E-state index in [1.807, 2.05) is 12.2 Å². The van der Waals surface area contributed by atoms with Crippen molar-refractivity contribution in [2.75, 3.05) is 11.9 Å². The average molecular weight is 459 g/mol. The third kappa shape index (κ3) is 4.90. The first kappa shape index (κ1) is 22.8. The standard InChI is InChI=1S/C20H18ClF3N2O5/c1-10(17(28)25-11-6-7-15(21)14(8-11)20(22,23)24)31-16(27)9-26-18(29)12-4-2-3-5-13(12)19(26)30/h2-3,6-8,10,12-13H,4-5,9H2,1H3,(H,25,28)/t10-,12+,13+/m1/s1. The summed E-state index contributed by atoms with van der Waals surface area (Å²) in [6.45, 7) is 0.576. The number of ether oxygens (including phenoxy) is 1. The van der Waals surface area contributed by atoms with E-state index in [9.17, 15) is 32.3 Å². The third-order valence-electron chi connectivity index (χ3n) is 5.10. The lowest BCUT2D eigenvalue weighted by atomic mass is 9.85. The minimum atomic E-state index is -4.71. The normalized spacial score (nSPS) is 21.6. The summed E-state index contributed by atoms with van der Waals surface area (Å²) in [6, 6.07) is 2.81. The molecule has 0 unspecified atom stereocenters. The van der Waals surface area contributed by atoms with Gasteiger partial charge in [-0.15, -0.1) is 0 Å². The molecule has 3 atom stereocenters. The monoisotopic (exact) mass is 458 g/mol. The van der Waals surface area contributed by atoms with Gasteiger partial charge in [-0.05, 0) is 38.0 Å². The van der Waals surface area contributed by atoms with Crippen molar-refractivity contribution in [3.8, 4) is 0 Å². The minimum Gasteiger partial charge on any atom is -0.451 e. The molecule has 0 radical (unpaired) electrons. The number of likely N-dealkylation sites (tertiary alicyclic amines) is 1. The number of benzene rings is 1. The second kappa shape index (κ2) is 8.70. The number of halogens is 4. The van der Waals surface area contributed by atoms with Crippen LogP contribution in [0.4, 0.5) is 18.9 Å². The second-order valence-corrected chi connectivity index (χ2v) is 7.64. The molecular weight excluding hydrogens is 441 g/mol. The molecule has 0 saturated carbocycles. The fraction of sp³-hybridized carbons (Fsp3) is 0.400. The van der Waals surface area contributed by atoms with Gasteiger partial charge in [0.1, 0.15) is 6.54 Å². The molecule has 11 heteroatoms. The predicted octanol–water partition coefficient (Wildman–Crippen LogP) is 3.18. The molecule has 1 aliphatic carbocycles. The molecule has 7 nitrogen and oxygen atoms in total. The number of anilines is 1. The van der Waals surface area contributed by atoms with Crippen LogP contribution in [-0.4, -0.2) is 41.2 Å². The van der Waals surface area contributed by atoms with Crippen LogP contribution in [0.1, 0.15) is 25.3 Å². The number of imide groups is 1. The van der Waals surface area contributed by atoms with E-state index in [-0.39, 0.29) is 5.69 Å². The van der Waals surface area contributed by atoms with Crippen molar-refractivity contribution >= 4 is 41.0 Å². The highest BCUT2D eigenvalue weighted by Crippen LogP contribution is 2.36. The Hall–Kier alpha value is -2.88. The quantitative estimate of drug-likeness (QED) is 0.415. The summed E-state index contributed by atoms with van der Waals surface area (Å²) in [7, 11) is 0. The molecule has 1 N–H and O–H groups in total. The predicted molar refractivity (Wildman–Crippen MR) is 103 cm³/mol. The van der Waals surface area contributed by atoms with Crippen LogP contribution in [0.2, 0.25) is 5.02 Å². The summed E-state index contributed by atoms with van der Waals surface area (Å²) in [5.41, 5.74) is -1.32. The van der Waals surface area contributed by atoms with Gasteiger partial charge in [-0.2, -0.15) is 13.2 Å². The second-order valence-electron chi connectivity index (χ2n) is 7.23. The largest absolute Gasteiger partial charge is 0.451 e. The number of rotatable bonds is 5. The number of nitrogens with one attached hydrogen (secondary N) is 1. The summed E-state index contributed by atoms with van der Waals surface area (Å²) < 4.78 is 43.8. The Morgan fingerprint density at radius 3 is 2.32 bits per heavy atom. The first-order valence-corrected chi connectivity index (χ1v) is 9.74. The lowest BCUT2D eigenvalue weighted by Gasteiger charge is -2.17. The van der Waals surface area contributed by atoms with Gasteiger partial charge < -0.3 is 10.1 Å². The summed E-state index contributed by atoms with van der Waals surface area (Å²) >= 11 is 5.53. The molecule has 3 rings (SSSR count). The SMILES string of the molecule is C[C@@H](OC(=O)CN1C(=O)[C@H]2CC=CC[C@@H]2C1=O)C(=O)Nc1ccc(Cl)c(C(F)(F)F)c1. The number of esters is 1. The maximum atomic E-state index is 12.9. The summed E-state index contributed by atoms with van der Waals surface area (Å²) in [4.78, 5) is 49.9. The molecule has 0 aromatic heterocycles. The molecular formula is C20H18ClF3N2O5. The Morgan fingerprint density at radius 2 is 1.77 bits per heavy atom. The average Bonchev–Trinajstić information content (AvgIpc) is 2.93. The van der Waals surface area contributed by atoms with Crippen LogP contribution in [0.25, 0.3) is 0 Å². The van der Waals surface area contributed by atoms with Crippen molar-refractivity contribution in [3.05, 3.63) is 40.9 Å². The van der Waals surface area contributed by atoms with E-state index in [0.717, 1.165) is 11.0 Å². The number of hydrogen-bond donors (Lipinski definition) is 1. The lowest BCUT2D eigenvalue weighted by molar-refractivity contribution is -0.158. The zero-order chi connectivity index (χ0) is 22.9. The van der Waals surface area contributed by atoms with E-state index in [2.05, 4.69) is 5.32 Å². The van der Waals surface area contributed by atoms with Crippen LogP contribution in [0.15, 0.2) is 30.4 Å². The number of carbonyl (C=O) groups is 4. The zero-order valence-corrected chi connectivity index (χ0v) is 17.0. The minimum absolute atomic E-state index is 0.189. The molecule has 0 spiro atoms. The molecule has 166 valence electrons. The molecule has 2 aliphatic rings. The van der Waals surface area contributed by atoms with E-state index in [4.69, 9.17) is 16.3 Å². The van der Waals surface area contributed by atoms with Crippen LogP contribution in [0.5, 0.6) is 0 Å². The number of nitrogens with zero attached hydrogens (tertiary/aromatic N) is 1. The highest BCUT2D eigenvalue weighted by molar-refractivity contribution is 6.31. The fourth-order valence-corrected chi connectivity index (χ4v) is 3.73. The molecule has 3 amide bonds. The molecule has 1 fully saturated rings. The Labute approximate surface area is 180 Å². The van der Waals surface area contributed by atoms with Crippen molar-refractivity contribution in [2.45, 2.75) is 32.0 Å². The van der Waals surface area contributed by atoms with Crippen molar-refractivity contribution in [3.63, 3.8) is 0 Å². The van der Waals surface area contributed by atoms with Crippen LogP contribution in [0.3, 0.4) is 0 Å². The summed E-state index contributed by atoms with van der Waals surface area (Å²) in [6.07, 6.45) is -1.64. The number of amides is 3. The number of fused-ring (bicyclic) bond motifs is 1. The number of allylic oxidation sites excluding steroid dienone is 2. The van der Waals surface area contributed by atoms with Gasteiger partial charge in [0.2, 0.25) is 11.8 Å². The van der Waals surface area contributed by atoms with Gasteiger partial charge in [0, 0.05) is 5.69 Å². The van der Waals surface area contributed by atoms with Crippen LogP contribution < -0.4 is 5.32 Å². The first-order chi connectivity index (χ1) is 14.5. The third-order valence-corrected chi connectivity index (χ3v) is 5.43. The van der Waals surface area contributed by atoms with E-state index < -0.39 is 64.9 Å². The highest BCUT2D eigenvalue weighted by Gasteiger charge is 2.48. The van der Waals surface area contributed by atoms with Crippen molar-refractivity contribution in [1.82, 2.24) is 4.90 Å². The fourth-order valence-electron chi connectivity index (χ4n) is 3.51. The lowest BCUT2D eigenvalue weighted by Crippen LogP contribution is -2.39. The Bertz CT molecular complexity index is 937. The molecule has 1 heterocycles. The zero-order valence-electron chi connectivity index (χ0n) is 16.2. The van der Waals surface area contributed by atoms with E-state index in [1.54, 1.807) is 0 Å².